The Morgan fingerprint density at radius 1 is 1.04 bits per heavy atom. The first kappa shape index (κ1) is 18.4. The zero-order chi connectivity index (χ0) is 19.7. The molecule has 2 aromatic heterocycles. The van der Waals surface area contributed by atoms with E-state index in [2.05, 4.69) is 15.0 Å². The fraction of sp³-hybridized carbons (Fsp3) is 0.150. The summed E-state index contributed by atoms with van der Waals surface area (Å²) in [4.78, 5) is 13.7. The average Bonchev–Trinajstić information content (AvgIpc) is 3.09. The quantitative estimate of drug-likeness (QED) is 0.418. The molecule has 0 atom stereocenters. The van der Waals surface area contributed by atoms with Gasteiger partial charge in [0, 0.05) is 10.5 Å². The first-order chi connectivity index (χ1) is 13.5. The number of halogens is 2. The van der Waals surface area contributed by atoms with Crippen molar-refractivity contribution in [2.75, 3.05) is 6.61 Å². The molecular weight excluding hydrogens is 384 g/mol. The molecule has 5 nitrogen and oxygen atoms in total. The zero-order valence-electron chi connectivity index (χ0n) is 15.1. The molecular formula is C20H15F2N3O2S. The van der Waals surface area contributed by atoms with Gasteiger partial charge in [-0.1, -0.05) is 17.7 Å². The highest BCUT2D eigenvalue weighted by Crippen LogP contribution is 2.33. The van der Waals surface area contributed by atoms with Crippen LogP contribution in [0.25, 0.3) is 22.7 Å². The van der Waals surface area contributed by atoms with Crippen LogP contribution in [0.4, 0.5) is 8.78 Å². The Bertz CT molecular complexity index is 1160. The number of hydrogen-bond donors (Lipinski definition) is 0. The predicted octanol–water partition coefficient (Wildman–Crippen LogP) is 5.42. The predicted molar refractivity (Wildman–Crippen MR) is 101 cm³/mol. The Morgan fingerprint density at radius 3 is 2.64 bits per heavy atom. The molecule has 0 saturated carbocycles. The molecule has 0 bridgehead atoms. The Kier molecular flexibility index (Phi) is 4.95. The second-order valence-corrected chi connectivity index (χ2v) is 7.01. The molecule has 28 heavy (non-hydrogen) atoms. The molecule has 4 rings (SSSR count). The number of nitrogens with zero attached hydrogens (tertiary/aromatic N) is 3. The van der Waals surface area contributed by atoms with Crippen molar-refractivity contribution in [2.45, 2.75) is 23.9 Å². The molecule has 0 aliphatic rings. The summed E-state index contributed by atoms with van der Waals surface area (Å²) in [7, 11) is 0. The van der Waals surface area contributed by atoms with Crippen molar-refractivity contribution >= 4 is 23.0 Å². The highest BCUT2D eigenvalue weighted by molar-refractivity contribution is 7.99. The summed E-state index contributed by atoms with van der Waals surface area (Å²) in [5, 5.41) is 0.286. The third kappa shape index (κ3) is 3.68. The number of ether oxygens (including phenoxy) is 1. The van der Waals surface area contributed by atoms with E-state index in [0.29, 0.717) is 22.9 Å². The Hall–Kier alpha value is -3.00. The largest absolute Gasteiger partial charge is 0.476 e. The van der Waals surface area contributed by atoms with E-state index in [-0.39, 0.29) is 16.7 Å². The van der Waals surface area contributed by atoms with E-state index in [4.69, 9.17) is 9.15 Å². The summed E-state index contributed by atoms with van der Waals surface area (Å²) in [5.41, 5.74) is 2.56. The van der Waals surface area contributed by atoms with Crippen molar-refractivity contribution in [3.8, 4) is 17.3 Å². The molecule has 0 aliphatic heterocycles. The van der Waals surface area contributed by atoms with Gasteiger partial charge in [-0.2, -0.15) is 9.97 Å². The van der Waals surface area contributed by atoms with Gasteiger partial charge < -0.3 is 9.15 Å². The van der Waals surface area contributed by atoms with Crippen LogP contribution in [0, 0.1) is 18.6 Å². The van der Waals surface area contributed by atoms with E-state index in [1.54, 1.807) is 0 Å². The second-order valence-electron chi connectivity index (χ2n) is 5.96. The summed E-state index contributed by atoms with van der Waals surface area (Å²) in [6.07, 6.45) is 0. The maximum Gasteiger partial charge on any atom is 0.255 e. The maximum absolute atomic E-state index is 13.5. The van der Waals surface area contributed by atoms with E-state index >= 15 is 0 Å². The number of aryl methyl sites for hydroxylation is 1. The van der Waals surface area contributed by atoms with Crippen molar-refractivity contribution in [1.82, 2.24) is 15.0 Å². The molecule has 0 aliphatic carbocycles. The van der Waals surface area contributed by atoms with Gasteiger partial charge in [0.05, 0.1) is 6.61 Å². The molecule has 0 N–H and O–H groups in total. The van der Waals surface area contributed by atoms with Crippen molar-refractivity contribution < 1.29 is 17.9 Å². The van der Waals surface area contributed by atoms with Crippen LogP contribution in [0.15, 0.2) is 56.9 Å². The molecule has 0 saturated heterocycles. The number of benzene rings is 2. The summed E-state index contributed by atoms with van der Waals surface area (Å²) < 4.78 is 38.0. The van der Waals surface area contributed by atoms with Crippen LogP contribution >= 0.6 is 11.8 Å². The van der Waals surface area contributed by atoms with Crippen LogP contribution in [0.1, 0.15) is 12.5 Å². The van der Waals surface area contributed by atoms with Gasteiger partial charge >= 0.3 is 0 Å². The van der Waals surface area contributed by atoms with Crippen molar-refractivity contribution in [2.24, 2.45) is 0 Å². The van der Waals surface area contributed by atoms with Crippen LogP contribution in [0.3, 0.4) is 0 Å². The first-order valence-corrected chi connectivity index (χ1v) is 9.36. The van der Waals surface area contributed by atoms with Crippen LogP contribution in [0.5, 0.6) is 5.88 Å². The second kappa shape index (κ2) is 7.55. The SMILES string of the molecule is CCOc1nc(Sc2ccc(F)c(F)c2)nc2oc(-c3cccc(C)c3)nc12. The minimum Gasteiger partial charge on any atom is -0.476 e. The lowest BCUT2D eigenvalue weighted by Gasteiger charge is -2.05. The third-order valence-corrected chi connectivity index (χ3v) is 4.71. The molecule has 142 valence electrons. The minimum absolute atomic E-state index is 0.264. The van der Waals surface area contributed by atoms with Crippen molar-refractivity contribution in [1.29, 1.82) is 0 Å². The average molecular weight is 399 g/mol. The summed E-state index contributed by atoms with van der Waals surface area (Å²) in [6, 6.07) is 11.3. The zero-order valence-corrected chi connectivity index (χ0v) is 15.9. The highest BCUT2D eigenvalue weighted by Gasteiger charge is 2.18. The number of fused-ring (bicyclic) bond motifs is 1. The Labute approximate surface area is 163 Å². The summed E-state index contributed by atoms with van der Waals surface area (Å²) in [6.45, 7) is 4.19. The molecule has 4 aromatic rings. The smallest absolute Gasteiger partial charge is 0.255 e. The standard InChI is InChI=1S/C20H15F2N3O2S/c1-3-26-18-16-19(27-17(23-16)12-6-4-5-11(2)9-12)25-20(24-18)28-13-7-8-14(21)15(22)10-13/h4-10H,3H2,1-2H3. The molecule has 0 unspecified atom stereocenters. The van der Waals surface area contributed by atoms with Gasteiger partial charge in [0.25, 0.3) is 5.71 Å². The van der Waals surface area contributed by atoms with E-state index in [9.17, 15) is 8.78 Å². The summed E-state index contributed by atoms with van der Waals surface area (Å²) >= 11 is 1.08. The maximum atomic E-state index is 13.5. The number of aromatic nitrogens is 3. The molecule has 0 spiro atoms. The van der Waals surface area contributed by atoms with Gasteiger partial charge in [-0.25, -0.2) is 13.8 Å². The number of rotatable bonds is 5. The number of hydrogen-bond acceptors (Lipinski definition) is 6. The van der Waals surface area contributed by atoms with E-state index in [0.717, 1.165) is 35.0 Å². The van der Waals surface area contributed by atoms with Crippen LogP contribution in [0.2, 0.25) is 0 Å². The van der Waals surface area contributed by atoms with Crippen LogP contribution in [-0.2, 0) is 0 Å². The Balaban J connectivity index is 1.77. The topological polar surface area (TPSA) is 61.0 Å². The van der Waals surface area contributed by atoms with Gasteiger partial charge in [-0.05, 0) is 55.9 Å². The lowest BCUT2D eigenvalue weighted by atomic mass is 10.1. The van der Waals surface area contributed by atoms with Gasteiger partial charge in [0.15, 0.2) is 22.3 Å². The fourth-order valence-corrected chi connectivity index (χ4v) is 3.38. The van der Waals surface area contributed by atoms with E-state index < -0.39 is 11.6 Å². The van der Waals surface area contributed by atoms with Gasteiger partial charge in [0.1, 0.15) is 0 Å². The molecule has 2 heterocycles. The fourth-order valence-electron chi connectivity index (χ4n) is 2.61. The van der Waals surface area contributed by atoms with Gasteiger partial charge in [0.2, 0.25) is 11.8 Å². The highest BCUT2D eigenvalue weighted by atomic mass is 32.2. The minimum atomic E-state index is -0.933. The van der Waals surface area contributed by atoms with Gasteiger partial charge in [-0.3, -0.25) is 0 Å². The van der Waals surface area contributed by atoms with Crippen LogP contribution < -0.4 is 4.74 Å². The molecule has 2 aromatic carbocycles. The third-order valence-electron chi connectivity index (χ3n) is 3.85. The normalized spacial score (nSPS) is 11.1. The summed E-state index contributed by atoms with van der Waals surface area (Å²) in [5.74, 6) is -1.16. The monoisotopic (exact) mass is 399 g/mol. The molecule has 0 amide bonds. The lowest BCUT2D eigenvalue weighted by molar-refractivity contribution is 0.327. The van der Waals surface area contributed by atoms with Crippen molar-refractivity contribution in [3.63, 3.8) is 0 Å². The van der Waals surface area contributed by atoms with Gasteiger partial charge in [-0.15, -0.1) is 0 Å². The van der Waals surface area contributed by atoms with Crippen molar-refractivity contribution in [3.05, 3.63) is 59.7 Å². The first-order valence-electron chi connectivity index (χ1n) is 8.55. The molecule has 8 heteroatoms. The Morgan fingerprint density at radius 2 is 1.89 bits per heavy atom. The lowest BCUT2D eigenvalue weighted by Crippen LogP contribution is -1.98. The van der Waals surface area contributed by atoms with E-state index in [1.165, 1.54) is 6.07 Å². The molecule has 0 fully saturated rings. The van der Waals surface area contributed by atoms with Crippen LogP contribution in [-0.4, -0.2) is 21.6 Å². The number of oxazole rings is 1. The molecule has 0 radical (unpaired) electrons. The van der Waals surface area contributed by atoms with E-state index in [1.807, 2.05) is 38.1 Å².